The van der Waals surface area contributed by atoms with Gasteiger partial charge in [-0.1, -0.05) is 17.7 Å². The molecule has 1 saturated heterocycles. The van der Waals surface area contributed by atoms with E-state index in [2.05, 4.69) is 0 Å². The van der Waals surface area contributed by atoms with E-state index in [1.54, 1.807) is 17.0 Å². The van der Waals surface area contributed by atoms with Crippen LogP contribution >= 0.6 is 11.6 Å². The van der Waals surface area contributed by atoms with Crippen LogP contribution in [0.5, 0.6) is 0 Å². The second-order valence-electron chi connectivity index (χ2n) is 4.33. The topological polar surface area (TPSA) is 46.3 Å². The minimum Gasteiger partial charge on any atom is -0.338 e. The zero-order valence-electron chi connectivity index (χ0n) is 9.33. The molecule has 1 aliphatic rings. The van der Waals surface area contributed by atoms with Crippen molar-refractivity contribution in [3.63, 3.8) is 0 Å². The summed E-state index contributed by atoms with van der Waals surface area (Å²) in [5, 5.41) is 0.0875. The molecule has 0 bridgehead atoms. The Balaban J connectivity index is 2.06. The van der Waals surface area contributed by atoms with Crippen molar-refractivity contribution in [2.75, 3.05) is 13.1 Å². The number of hydrogen-bond acceptors (Lipinski definition) is 2. The summed E-state index contributed by atoms with van der Waals surface area (Å²) in [5.41, 5.74) is 6.38. The lowest BCUT2D eigenvalue weighted by Gasteiger charge is -2.16. The first kappa shape index (κ1) is 12.3. The number of benzene rings is 1. The highest BCUT2D eigenvalue weighted by atomic mass is 35.5. The molecule has 1 unspecified atom stereocenters. The van der Waals surface area contributed by atoms with Gasteiger partial charge in [-0.2, -0.15) is 0 Å². The minimum absolute atomic E-state index is 0.0875. The van der Waals surface area contributed by atoms with Crippen LogP contribution < -0.4 is 5.73 Å². The third-order valence-corrected chi connectivity index (χ3v) is 3.28. The zero-order valence-corrected chi connectivity index (χ0v) is 10.1. The summed E-state index contributed by atoms with van der Waals surface area (Å²) >= 11 is 5.69. The van der Waals surface area contributed by atoms with Gasteiger partial charge in [-0.05, 0) is 30.2 Å². The molecule has 1 amide bonds. The van der Waals surface area contributed by atoms with Gasteiger partial charge in [0, 0.05) is 19.5 Å². The van der Waals surface area contributed by atoms with Gasteiger partial charge in [0.15, 0.2) is 0 Å². The predicted molar refractivity (Wildman–Crippen MR) is 64.0 cm³/mol. The lowest BCUT2D eigenvalue weighted by Crippen LogP contribution is -2.25. The van der Waals surface area contributed by atoms with Crippen LogP contribution in [0.3, 0.4) is 0 Å². The zero-order chi connectivity index (χ0) is 12.4. The number of nitrogens with two attached hydrogens (primary N) is 1. The van der Waals surface area contributed by atoms with E-state index in [9.17, 15) is 9.18 Å². The molecule has 3 nitrogen and oxygen atoms in total. The molecular weight excluding hydrogens is 243 g/mol. The van der Waals surface area contributed by atoms with Crippen molar-refractivity contribution in [2.45, 2.75) is 13.0 Å². The molecule has 1 fully saturated rings. The van der Waals surface area contributed by atoms with Crippen LogP contribution in [0.15, 0.2) is 18.2 Å². The molecule has 5 heteroatoms. The summed E-state index contributed by atoms with van der Waals surface area (Å²) in [6.07, 6.45) is 0.505. The molecule has 1 aromatic carbocycles. The van der Waals surface area contributed by atoms with Crippen LogP contribution in [-0.4, -0.2) is 23.9 Å². The fourth-order valence-electron chi connectivity index (χ4n) is 2.02. The Morgan fingerprint density at radius 1 is 1.53 bits per heavy atom. The average molecular weight is 257 g/mol. The molecule has 1 atom stereocenters. The van der Waals surface area contributed by atoms with Gasteiger partial charge < -0.3 is 10.6 Å². The molecule has 2 rings (SSSR count). The molecule has 0 radical (unpaired) electrons. The maximum absolute atomic E-state index is 13.0. The molecule has 0 saturated carbocycles. The van der Waals surface area contributed by atoms with Gasteiger partial charge in [0.05, 0.1) is 5.02 Å². The van der Waals surface area contributed by atoms with Crippen LogP contribution in [-0.2, 0) is 11.3 Å². The standard InChI is InChI=1S/C12H14ClFN2O/c13-10-3-8(1-2-11(10)14)6-16-7-9(5-15)4-12(16)17/h1-3,9H,4-7,15H2. The molecule has 2 N–H and O–H groups in total. The molecule has 0 aliphatic carbocycles. The number of hydrogen-bond donors (Lipinski definition) is 1. The predicted octanol–water partition coefficient (Wildman–Crippen LogP) is 1.79. The van der Waals surface area contributed by atoms with E-state index in [-0.39, 0.29) is 16.8 Å². The second-order valence-corrected chi connectivity index (χ2v) is 4.74. The highest BCUT2D eigenvalue weighted by molar-refractivity contribution is 6.30. The first-order valence-corrected chi connectivity index (χ1v) is 5.89. The Hall–Kier alpha value is -1.13. The van der Waals surface area contributed by atoms with Gasteiger partial charge in [-0.25, -0.2) is 4.39 Å². The molecule has 1 aromatic rings. The van der Waals surface area contributed by atoms with Crippen molar-refractivity contribution in [1.82, 2.24) is 4.90 Å². The van der Waals surface area contributed by atoms with E-state index in [1.807, 2.05) is 0 Å². The van der Waals surface area contributed by atoms with E-state index in [1.165, 1.54) is 6.07 Å². The minimum atomic E-state index is -0.442. The Kier molecular flexibility index (Phi) is 3.64. The first-order valence-electron chi connectivity index (χ1n) is 5.52. The third-order valence-electron chi connectivity index (χ3n) is 2.99. The summed E-state index contributed by atoms with van der Waals surface area (Å²) in [7, 11) is 0. The molecule has 1 heterocycles. The molecule has 1 aliphatic heterocycles. The summed E-state index contributed by atoms with van der Waals surface area (Å²) in [6, 6.07) is 4.52. The van der Waals surface area contributed by atoms with Crippen molar-refractivity contribution in [1.29, 1.82) is 0 Å². The second kappa shape index (κ2) is 5.02. The Morgan fingerprint density at radius 3 is 2.88 bits per heavy atom. The quantitative estimate of drug-likeness (QED) is 0.896. The summed E-state index contributed by atoms with van der Waals surface area (Å²) in [4.78, 5) is 13.4. The highest BCUT2D eigenvalue weighted by Gasteiger charge is 2.28. The van der Waals surface area contributed by atoms with E-state index >= 15 is 0 Å². The fourth-order valence-corrected chi connectivity index (χ4v) is 2.23. The normalized spacial score (nSPS) is 20.1. The van der Waals surface area contributed by atoms with E-state index in [0.29, 0.717) is 26.1 Å². The van der Waals surface area contributed by atoms with E-state index in [4.69, 9.17) is 17.3 Å². The van der Waals surface area contributed by atoms with Crippen molar-refractivity contribution < 1.29 is 9.18 Å². The molecule has 17 heavy (non-hydrogen) atoms. The molecule has 0 spiro atoms. The van der Waals surface area contributed by atoms with Crippen LogP contribution in [0.1, 0.15) is 12.0 Å². The summed E-state index contributed by atoms with van der Waals surface area (Å²) < 4.78 is 13.0. The monoisotopic (exact) mass is 256 g/mol. The van der Waals surface area contributed by atoms with Crippen LogP contribution in [0.4, 0.5) is 4.39 Å². The van der Waals surface area contributed by atoms with Crippen LogP contribution in [0, 0.1) is 11.7 Å². The Morgan fingerprint density at radius 2 is 2.29 bits per heavy atom. The number of carbonyl (C=O) groups excluding carboxylic acids is 1. The Bertz CT molecular complexity index is 439. The average Bonchev–Trinajstić information content (AvgIpc) is 2.65. The number of likely N-dealkylation sites (tertiary alicyclic amines) is 1. The van der Waals surface area contributed by atoms with Crippen molar-refractivity contribution in [3.05, 3.63) is 34.6 Å². The maximum atomic E-state index is 13.0. The van der Waals surface area contributed by atoms with Gasteiger partial charge in [0.25, 0.3) is 0 Å². The summed E-state index contributed by atoms with van der Waals surface area (Å²) in [5.74, 6) is -0.109. The largest absolute Gasteiger partial charge is 0.338 e. The van der Waals surface area contributed by atoms with Gasteiger partial charge in [0.1, 0.15) is 5.82 Å². The maximum Gasteiger partial charge on any atom is 0.223 e. The first-order chi connectivity index (χ1) is 8.10. The smallest absolute Gasteiger partial charge is 0.223 e. The van der Waals surface area contributed by atoms with Crippen molar-refractivity contribution in [2.24, 2.45) is 11.7 Å². The van der Waals surface area contributed by atoms with Crippen molar-refractivity contribution in [3.8, 4) is 0 Å². The number of amides is 1. The van der Waals surface area contributed by atoms with Gasteiger partial charge >= 0.3 is 0 Å². The van der Waals surface area contributed by atoms with E-state index < -0.39 is 5.82 Å². The van der Waals surface area contributed by atoms with Gasteiger partial charge in [-0.3, -0.25) is 4.79 Å². The number of halogens is 2. The number of nitrogens with zero attached hydrogens (tertiary/aromatic N) is 1. The van der Waals surface area contributed by atoms with E-state index in [0.717, 1.165) is 5.56 Å². The van der Waals surface area contributed by atoms with Crippen LogP contribution in [0.25, 0.3) is 0 Å². The molecular formula is C12H14ClFN2O. The van der Waals surface area contributed by atoms with Crippen molar-refractivity contribution >= 4 is 17.5 Å². The lowest BCUT2D eigenvalue weighted by atomic mass is 10.1. The summed E-state index contributed by atoms with van der Waals surface area (Å²) in [6.45, 7) is 1.66. The lowest BCUT2D eigenvalue weighted by molar-refractivity contribution is -0.128. The number of carbonyl (C=O) groups is 1. The van der Waals surface area contributed by atoms with Gasteiger partial charge in [0.2, 0.25) is 5.91 Å². The van der Waals surface area contributed by atoms with Gasteiger partial charge in [-0.15, -0.1) is 0 Å². The van der Waals surface area contributed by atoms with Crippen LogP contribution in [0.2, 0.25) is 5.02 Å². The fraction of sp³-hybridized carbons (Fsp3) is 0.417. The third kappa shape index (κ3) is 2.76. The Labute approximate surface area is 104 Å². The number of rotatable bonds is 3. The SMILES string of the molecule is NCC1CC(=O)N(Cc2ccc(F)c(Cl)c2)C1. The highest BCUT2D eigenvalue weighted by Crippen LogP contribution is 2.21. The molecule has 92 valence electrons. The molecule has 0 aromatic heterocycles.